The molecule has 1 aliphatic rings. The monoisotopic (exact) mass is 336 g/mol. The van der Waals surface area contributed by atoms with Gasteiger partial charge in [-0.15, -0.1) is 0 Å². The van der Waals surface area contributed by atoms with Crippen molar-refractivity contribution >= 4 is 11.6 Å². The van der Waals surface area contributed by atoms with Crippen LogP contribution in [0, 0.1) is 5.82 Å². The number of anilines is 1. The zero-order chi connectivity index (χ0) is 17.4. The molecule has 0 spiro atoms. The zero-order valence-corrected chi connectivity index (χ0v) is 13.8. The standard InChI is InChI=1S/C20H17FN2O2/c1-13-10-15-4-2-3-5-18(15)23(13)20(24)12-17-11-19(25-22-17)14-6-8-16(21)9-7-14/h2-9,11,13H,10,12H2,1H3/t13-/m1/s1. The van der Waals surface area contributed by atoms with Gasteiger partial charge >= 0.3 is 0 Å². The number of amides is 1. The second-order valence-electron chi connectivity index (χ2n) is 6.31. The Kier molecular flexibility index (Phi) is 3.84. The highest BCUT2D eigenvalue weighted by atomic mass is 19.1. The number of para-hydroxylation sites is 1. The highest BCUT2D eigenvalue weighted by Crippen LogP contribution is 2.32. The van der Waals surface area contributed by atoms with E-state index in [0.717, 1.165) is 17.7 Å². The molecule has 1 amide bonds. The number of fused-ring (bicyclic) bond motifs is 1. The molecule has 0 aliphatic carbocycles. The van der Waals surface area contributed by atoms with Gasteiger partial charge in [-0.25, -0.2) is 4.39 Å². The van der Waals surface area contributed by atoms with E-state index >= 15 is 0 Å². The Morgan fingerprint density at radius 2 is 2.00 bits per heavy atom. The van der Waals surface area contributed by atoms with Gasteiger partial charge in [0.15, 0.2) is 5.76 Å². The van der Waals surface area contributed by atoms with Crippen LogP contribution in [0.5, 0.6) is 0 Å². The minimum absolute atomic E-state index is 0.00333. The molecule has 4 nitrogen and oxygen atoms in total. The molecule has 126 valence electrons. The molecule has 1 aromatic heterocycles. The summed E-state index contributed by atoms with van der Waals surface area (Å²) in [7, 11) is 0. The number of nitrogens with zero attached hydrogens (tertiary/aromatic N) is 2. The van der Waals surface area contributed by atoms with E-state index < -0.39 is 0 Å². The maximum atomic E-state index is 13.0. The molecule has 0 bridgehead atoms. The second kappa shape index (κ2) is 6.16. The van der Waals surface area contributed by atoms with Crippen LogP contribution < -0.4 is 4.90 Å². The summed E-state index contributed by atoms with van der Waals surface area (Å²) in [5, 5.41) is 3.99. The maximum Gasteiger partial charge on any atom is 0.233 e. The Bertz CT molecular complexity index is 917. The molecule has 0 unspecified atom stereocenters. The van der Waals surface area contributed by atoms with Crippen molar-refractivity contribution in [3.63, 3.8) is 0 Å². The molecule has 25 heavy (non-hydrogen) atoms. The van der Waals surface area contributed by atoms with Crippen LogP contribution in [0.15, 0.2) is 59.1 Å². The fourth-order valence-corrected chi connectivity index (χ4v) is 3.33. The first-order valence-electron chi connectivity index (χ1n) is 8.23. The van der Waals surface area contributed by atoms with E-state index in [2.05, 4.69) is 11.2 Å². The first-order chi connectivity index (χ1) is 12.1. The Balaban J connectivity index is 1.53. The van der Waals surface area contributed by atoms with Gasteiger partial charge in [-0.05, 0) is 49.2 Å². The Labute approximate surface area is 144 Å². The maximum absolute atomic E-state index is 13.0. The summed E-state index contributed by atoms with van der Waals surface area (Å²) >= 11 is 0. The Hall–Kier alpha value is -2.95. The highest BCUT2D eigenvalue weighted by Gasteiger charge is 2.30. The van der Waals surface area contributed by atoms with Crippen LogP contribution in [0.3, 0.4) is 0 Å². The van der Waals surface area contributed by atoms with Gasteiger partial charge in [-0.3, -0.25) is 4.79 Å². The van der Waals surface area contributed by atoms with Gasteiger partial charge in [0.1, 0.15) is 5.82 Å². The predicted octanol–water partition coefficient (Wildman–Crippen LogP) is 4.00. The lowest BCUT2D eigenvalue weighted by atomic mass is 10.1. The molecule has 2 heterocycles. The van der Waals surface area contributed by atoms with E-state index in [-0.39, 0.29) is 24.2 Å². The van der Waals surface area contributed by atoms with Gasteiger partial charge in [0.05, 0.1) is 12.1 Å². The number of hydrogen-bond acceptors (Lipinski definition) is 3. The van der Waals surface area contributed by atoms with E-state index in [1.54, 1.807) is 18.2 Å². The molecule has 4 rings (SSSR count). The van der Waals surface area contributed by atoms with Gasteiger partial charge in [-0.1, -0.05) is 23.4 Å². The van der Waals surface area contributed by atoms with E-state index in [4.69, 9.17) is 4.52 Å². The van der Waals surface area contributed by atoms with E-state index in [0.29, 0.717) is 11.5 Å². The molecule has 0 saturated carbocycles. The molecule has 0 radical (unpaired) electrons. The SMILES string of the molecule is C[C@@H]1Cc2ccccc2N1C(=O)Cc1cc(-c2ccc(F)cc2)on1. The van der Waals surface area contributed by atoms with Crippen molar-refractivity contribution in [1.29, 1.82) is 0 Å². The van der Waals surface area contributed by atoms with Crippen molar-refractivity contribution in [3.05, 3.63) is 71.7 Å². The molecule has 2 aromatic carbocycles. The number of aromatic nitrogens is 1. The van der Waals surface area contributed by atoms with Crippen LogP contribution >= 0.6 is 0 Å². The normalized spacial score (nSPS) is 16.1. The quantitative estimate of drug-likeness (QED) is 0.726. The molecular weight excluding hydrogens is 319 g/mol. The number of carbonyl (C=O) groups is 1. The van der Waals surface area contributed by atoms with Crippen LogP contribution in [-0.2, 0) is 17.6 Å². The lowest BCUT2D eigenvalue weighted by Crippen LogP contribution is -2.36. The fourth-order valence-electron chi connectivity index (χ4n) is 3.33. The molecule has 0 fully saturated rings. The first kappa shape index (κ1) is 15.6. The largest absolute Gasteiger partial charge is 0.356 e. The van der Waals surface area contributed by atoms with Crippen LogP contribution in [-0.4, -0.2) is 17.1 Å². The summed E-state index contributed by atoms with van der Waals surface area (Å²) in [5.74, 6) is 0.217. The Morgan fingerprint density at radius 1 is 1.24 bits per heavy atom. The zero-order valence-electron chi connectivity index (χ0n) is 13.8. The summed E-state index contributed by atoms with van der Waals surface area (Å²) in [6, 6.07) is 15.8. The molecular formula is C20H17FN2O2. The number of carbonyl (C=O) groups excluding carboxylic acids is 1. The topological polar surface area (TPSA) is 46.3 Å². The second-order valence-corrected chi connectivity index (χ2v) is 6.31. The van der Waals surface area contributed by atoms with Crippen molar-refractivity contribution in [3.8, 4) is 11.3 Å². The molecule has 3 aromatic rings. The molecule has 0 saturated heterocycles. The lowest BCUT2D eigenvalue weighted by Gasteiger charge is -2.22. The van der Waals surface area contributed by atoms with E-state index in [1.165, 1.54) is 17.7 Å². The molecule has 0 N–H and O–H groups in total. The van der Waals surface area contributed by atoms with Crippen molar-refractivity contribution in [2.75, 3.05) is 4.90 Å². The first-order valence-corrected chi connectivity index (χ1v) is 8.23. The molecule has 1 atom stereocenters. The van der Waals surface area contributed by atoms with E-state index in [1.807, 2.05) is 30.0 Å². The predicted molar refractivity (Wildman–Crippen MR) is 92.7 cm³/mol. The van der Waals surface area contributed by atoms with Gasteiger partial charge in [0.25, 0.3) is 0 Å². The van der Waals surface area contributed by atoms with Gasteiger partial charge < -0.3 is 9.42 Å². The van der Waals surface area contributed by atoms with Gasteiger partial charge in [-0.2, -0.15) is 0 Å². The van der Waals surface area contributed by atoms with Crippen LogP contribution in [0.4, 0.5) is 10.1 Å². The number of rotatable bonds is 3. The minimum Gasteiger partial charge on any atom is -0.356 e. The third-order valence-electron chi connectivity index (χ3n) is 4.50. The summed E-state index contributed by atoms with van der Waals surface area (Å²) < 4.78 is 18.3. The Morgan fingerprint density at radius 3 is 2.80 bits per heavy atom. The molecule has 5 heteroatoms. The number of hydrogen-bond donors (Lipinski definition) is 0. The summed E-state index contributed by atoms with van der Waals surface area (Å²) in [5.41, 5.74) is 3.46. The number of benzene rings is 2. The molecule has 1 aliphatic heterocycles. The van der Waals surface area contributed by atoms with Gasteiger partial charge in [0, 0.05) is 23.4 Å². The van der Waals surface area contributed by atoms with Crippen LogP contribution in [0.25, 0.3) is 11.3 Å². The van der Waals surface area contributed by atoms with Crippen molar-refractivity contribution in [2.24, 2.45) is 0 Å². The summed E-state index contributed by atoms with van der Waals surface area (Å²) in [6.07, 6.45) is 1.03. The average molecular weight is 336 g/mol. The minimum atomic E-state index is -0.305. The summed E-state index contributed by atoms with van der Waals surface area (Å²) in [4.78, 5) is 14.6. The number of halogens is 1. The van der Waals surface area contributed by atoms with Gasteiger partial charge in [0.2, 0.25) is 5.91 Å². The van der Waals surface area contributed by atoms with E-state index in [9.17, 15) is 9.18 Å². The smallest absolute Gasteiger partial charge is 0.233 e. The highest BCUT2D eigenvalue weighted by molar-refractivity contribution is 5.97. The summed E-state index contributed by atoms with van der Waals surface area (Å²) in [6.45, 7) is 2.05. The third kappa shape index (κ3) is 2.93. The third-order valence-corrected chi connectivity index (χ3v) is 4.50. The van der Waals surface area contributed by atoms with Crippen molar-refractivity contribution in [2.45, 2.75) is 25.8 Å². The van der Waals surface area contributed by atoms with Crippen LogP contribution in [0.1, 0.15) is 18.2 Å². The van der Waals surface area contributed by atoms with Crippen molar-refractivity contribution in [1.82, 2.24) is 5.16 Å². The van der Waals surface area contributed by atoms with Crippen molar-refractivity contribution < 1.29 is 13.7 Å². The fraction of sp³-hybridized carbons (Fsp3) is 0.200. The average Bonchev–Trinajstić information content (AvgIpc) is 3.18. The van der Waals surface area contributed by atoms with Crippen LogP contribution in [0.2, 0.25) is 0 Å². The lowest BCUT2D eigenvalue weighted by molar-refractivity contribution is -0.118.